The lowest BCUT2D eigenvalue weighted by molar-refractivity contribution is -0.141. The van der Waals surface area contributed by atoms with Crippen molar-refractivity contribution in [2.45, 2.75) is 26.2 Å². The van der Waals surface area contributed by atoms with Gasteiger partial charge in [-0.2, -0.15) is 0 Å². The number of benzene rings is 1. The van der Waals surface area contributed by atoms with E-state index in [0.29, 0.717) is 19.4 Å². The number of aliphatic carboxylic acids is 1. The van der Waals surface area contributed by atoms with Gasteiger partial charge >= 0.3 is 5.97 Å². The molecule has 1 aliphatic rings. The van der Waals surface area contributed by atoms with Gasteiger partial charge in [0.2, 0.25) is 5.91 Å². The highest BCUT2D eigenvalue weighted by atomic mass is 16.4. The van der Waals surface area contributed by atoms with Crippen molar-refractivity contribution in [3.8, 4) is 0 Å². The van der Waals surface area contributed by atoms with Crippen LogP contribution in [0.15, 0.2) is 24.3 Å². The molecule has 0 saturated carbocycles. The molecule has 1 unspecified atom stereocenters. The van der Waals surface area contributed by atoms with Crippen LogP contribution in [0.1, 0.15) is 24.8 Å². The lowest BCUT2D eigenvalue weighted by atomic mass is 10.1. The Balaban J connectivity index is 1.67. The molecular weight excluding hydrogens is 268 g/mol. The van der Waals surface area contributed by atoms with E-state index in [-0.39, 0.29) is 11.8 Å². The fourth-order valence-electron chi connectivity index (χ4n) is 2.65. The quantitative estimate of drug-likeness (QED) is 0.842. The number of anilines is 1. The largest absolute Gasteiger partial charge is 0.481 e. The van der Waals surface area contributed by atoms with Crippen LogP contribution in [0.4, 0.5) is 5.69 Å². The predicted octanol–water partition coefficient (Wildman–Crippen LogP) is 2.12. The van der Waals surface area contributed by atoms with Crippen LogP contribution in [0, 0.1) is 12.8 Å². The van der Waals surface area contributed by atoms with Crippen molar-refractivity contribution in [1.29, 1.82) is 0 Å². The number of aryl methyl sites for hydroxylation is 1. The fraction of sp³-hybridized carbons (Fsp3) is 0.500. The Morgan fingerprint density at radius 1 is 1.43 bits per heavy atom. The van der Waals surface area contributed by atoms with Crippen molar-refractivity contribution < 1.29 is 14.7 Å². The minimum Gasteiger partial charge on any atom is -0.481 e. The van der Waals surface area contributed by atoms with Crippen molar-refractivity contribution in [3.05, 3.63) is 29.8 Å². The normalized spacial score (nSPS) is 18.6. The Hall–Kier alpha value is -1.88. The third kappa shape index (κ3) is 4.86. The van der Waals surface area contributed by atoms with Gasteiger partial charge in [-0.3, -0.25) is 9.59 Å². The monoisotopic (exact) mass is 290 g/mol. The van der Waals surface area contributed by atoms with Gasteiger partial charge in [-0.05, 0) is 50.6 Å². The summed E-state index contributed by atoms with van der Waals surface area (Å²) in [6, 6.07) is 7.72. The second kappa shape index (κ2) is 7.22. The van der Waals surface area contributed by atoms with E-state index in [1.807, 2.05) is 31.2 Å². The number of rotatable bonds is 6. The molecule has 0 aromatic heterocycles. The summed E-state index contributed by atoms with van der Waals surface area (Å²) >= 11 is 0. The molecule has 5 nitrogen and oxygen atoms in total. The molecule has 1 fully saturated rings. The van der Waals surface area contributed by atoms with Crippen molar-refractivity contribution >= 4 is 17.6 Å². The topological polar surface area (TPSA) is 69.6 Å². The van der Waals surface area contributed by atoms with Gasteiger partial charge in [0.1, 0.15) is 0 Å². The van der Waals surface area contributed by atoms with Gasteiger partial charge in [0.25, 0.3) is 0 Å². The van der Waals surface area contributed by atoms with Crippen LogP contribution >= 0.6 is 0 Å². The summed E-state index contributed by atoms with van der Waals surface area (Å²) in [4.78, 5) is 24.8. The Labute approximate surface area is 125 Å². The molecular formula is C16H22N2O3. The van der Waals surface area contributed by atoms with Gasteiger partial charge in [-0.1, -0.05) is 12.1 Å². The second-order valence-electron chi connectivity index (χ2n) is 5.65. The van der Waals surface area contributed by atoms with E-state index >= 15 is 0 Å². The van der Waals surface area contributed by atoms with E-state index in [0.717, 1.165) is 30.8 Å². The van der Waals surface area contributed by atoms with Gasteiger partial charge < -0.3 is 15.3 Å². The van der Waals surface area contributed by atoms with Crippen LogP contribution in [-0.2, 0) is 9.59 Å². The smallest absolute Gasteiger partial charge is 0.307 e. The number of carboxylic acids is 1. The molecule has 1 saturated heterocycles. The maximum absolute atomic E-state index is 11.8. The zero-order chi connectivity index (χ0) is 15.2. The van der Waals surface area contributed by atoms with Gasteiger partial charge in [-0.25, -0.2) is 0 Å². The Kier molecular flexibility index (Phi) is 5.33. The molecule has 0 bridgehead atoms. The van der Waals surface area contributed by atoms with Crippen molar-refractivity contribution in [2.24, 2.45) is 5.92 Å². The van der Waals surface area contributed by atoms with Crippen LogP contribution < -0.4 is 5.32 Å². The lowest BCUT2D eigenvalue weighted by Gasteiger charge is -2.14. The van der Waals surface area contributed by atoms with Crippen LogP contribution in [0.5, 0.6) is 0 Å². The van der Waals surface area contributed by atoms with Crippen LogP contribution in [-0.4, -0.2) is 41.5 Å². The maximum atomic E-state index is 11.8. The Morgan fingerprint density at radius 3 is 2.90 bits per heavy atom. The molecule has 0 radical (unpaired) electrons. The minimum atomic E-state index is -0.713. The fourth-order valence-corrected chi connectivity index (χ4v) is 2.65. The molecule has 0 aliphatic carbocycles. The van der Waals surface area contributed by atoms with Crippen molar-refractivity contribution in [1.82, 2.24) is 4.90 Å². The number of hydrogen-bond acceptors (Lipinski definition) is 3. The zero-order valence-corrected chi connectivity index (χ0v) is 12.3. The first-order chi connectivity index (χ1) is 10.0. The van der Waals surface area contributed by atoms with Crippen LogP contribution in [0.25, 0.3) is 0 Å². The molecule has 2 N–H and O–H groups in total. The molecule has 0 spiro atoms. The van der Waals surface area contributed by atoms with Crippen molar-refractivity contribution in [3.63, 3.8) is 0 Å². The molecule has 114 valence electrons. The number of nitrogens with one attached hydrogen (secondary N) is 1. The highest BCUT2D eigenvalue weighted by Gasteiger charge is 2.27. The number of hydrogen-bond donors (Lipinski definition) is 2. The number of carbonyl (C=O) groups excluding carboxylic acids is 1. The van der Waals surface area contributed by atoms with E-state index in [2.05, 4.69) is 10.2 Å². The molecule has 1 heterocycles. The molecule has 2 rings (SSSR count). The highest BCUT2D eigenvalue weighted by Crippen LogP contribution is 2.17. The third-order valence-corrected chi connectivity index (χ3v) is 3.80. The number of nitrogens with zero attached hydrogens (tertiary/aromatic N) is 1. The first kappa shape index (κ1) is 15.5. The van der Waals surface area contributed by atoms with Gasteiger partial charge in [0, 0.05) is 18.7 Å². The summed E-state index contributed by atoms with van der Waals surface area (Å²) in [5.74, 6) is -0.949. The van der Waals surface area contributed by atoms with Crippen molar-refractivity contribution in [2.75, 3.05) is 25.0 Å². The number of likely N-dealkylation sites (tertiary alicyclic amines) is 1. The second-order valence-corrected chi connectivity index (χ2v) is 5.65. The van der Waals surface area contributed by atoms with E-state index in [1.54, 1.807) is 0 Å². The highest BCUT2D eigenvalue weighted by molar-refractivity contribution is 5.90. The zero-order valence-electron chi connectivity index (χ0n) is 12.3. The first-order valence-corrected chi connectivity index (χ1v) is 7.36. The lowest BCUT2D eigenvalue weighted by Crippen LogP contribution is -2.25. The predicted molar refractivity (Wildman–Crippen MR) is 81.2 cm³/mol. The standard InChI is InChI=1S/C16H22N2O3/c1-12-4-2-5-14(10-12)17-15(19)6-3-8-18-9-7-13(11-18)16(20)21/h2,4-5,10,13H,3,6-9,11H2,1H3,(H,17,19)(H,20,21). The number of carboxylic acid groups (broad SMARTS) is 1. The van der Waals surface area contributed by atoms with E-state index in [1.165, 1.54) is 0 Å². The molecule has 21 heavy (non-hydrogen) atoms. The number of carbonyl (C=O) groups is 2. The summed E-state index contributed by atoms with van der Waals surface area (Å²) in [5, 5.41) is 11.8. The first-order valence-electron chi connectivity index (χ1n) is 7.36. The number of amides is 1. The summed E-state index contributed by atoms with van der Waals surface area (Å²) < 4.78 is 0. The Bertz CT molecular complexity index is 516. The minimum absolute atomic E-state index is 0.00887. The third-order valence-electron chi connectivity index (χ3n) is 3.80. The van der Waals surface area contributed by atoms with Gasteiger partial charge in [-0.15, -0.1) is 0 Å². The molecule has 1 amide bonds. The summed E-state index contributed by atoms with van der Waals surface area (Å²) in [6.07, 6.45) is 1.93. The molecule has 1 aliphatic heterocycles. The molecule has 1 aromatic rings. The molecule has 5 heteroatoms. The average molecular weight is 290 g/mol. The van der Waals surface area contributed by atoms with E-state index < -0.39 is 5.97 Å². The summed E-state index contributed by atoms with van der Waals surface area (Å²) in [5.41, 5.74) is 1.94. The van der Waals surface area contributed by atoms with Gasteiger partial charge in [0.05, 0.1) is 5.92 Å². The van der Waals surface area contributed by atoms with E-state index in [9.17, 15) is 9.59 Å². The molecule has 1 atom stereocenters. The Morgan fingerprint density at radius 2 is 2.24 bits per heavy atom. The average Bonchev–Trinajstić information content (AvgIpc) is 2.87. The SMILES string of the molecule is Cc1cccc(NC(=O)CCCN2CCC(C(=O)O)C2)c1. The summed E-state index contributed by atoms with van der Waals surface area (Å²) in [7, 11) is 0. The molecule has 1 aromatic carbocycles. The maximum Gasteiger partial charge on any atom is 0.307 e. The van der Waals surface area contributed by atoms with Crippen LogP contribution in [0.3, 0.4) is 0 Å². The van der Waals surface area contributed by atoms with Gasteiger partial charge in [0.15, 0.2) is 0 Å². The summed E-state index contributed by atoms with van der Waals surface area (Å²) in [6.45, 7) is 4.19. The van der Waals surface area contributed by atoms with E-state index in [4.69, 9.17) is 5.11 Å². The van der Waals surface area contributed by atoms with Crippen LogP contribution in [0.2, 0.25) is 0 Å².